The molecule has 0 amide bonds. The molecule has 0 radical (unpaired) electrons. The Morgan fingerprint density at radius 2 is 2.21 bits per heavy atom. The van der Waals surface area contributed by atoms with Crippen molar-refractivity contribution in [1.29, 1.82) is 0 Å². The SMILES string of the molecule is CCN(Cc1cc(C=CC(=O)O)cs1)CC(C)(C)O. The minimum Gasteiger partial charge on any atom is -0.478 e. The zero-order chi connectivity index (χ0) is 14.5. The monoisotopic (exact) mass is 283 g/mol. The third-order valence-corrected chi connectivity index (χ3v) is 3.47. The number of likely N-dealkylation sites (N-methyl/N-ethyl adjacent to an activating group) is 1. The van der Waals surface area contributed by atoms with Gasteiger partial charge in [0, 0.05) is 24.0 Å². The third kappa shape index (κ3) is 6.52. The highest BCUT2D eigenvalue weighted by atomic mass is 32.1. The molecule has 0 fully saturated rings. The molecule has 0 aliphatic heterocycles. The Hall–Kier alpha value is -1.17. The van der Waals surface area contributed by atoms with Gasteiger partial charge < -0.3 is 10.2 Å². The van der Waals surface area contributed by atoms with Crippen LogP contribution in [0.4, 0.5) is 0 Å². The molecule has 4 nitrogen and oxygen atoms in total. The molecule has 2 N–H and O–H groups in total. The van der Waals surface area contributed by atoms with Crippen LogP contribution in [0.2, 0.25) is 0 Å². The molecule has 1 rings (SSSR count). The second kappa shape index (κ2) is 6.84. The van der Waals surface area contributed by atoms with E-state index in [-0.39, 0.29) is 0 Å². The van der Waals surface area contributed by atoms with E-state index in [0.29, 0.717) is 6.54 Å². The van der Waals surface area contributed by atoms with Crippen LogP contribution in [0.1, 0.15) is 31.2 Å². The van der Waals surface area contributed by atoms with Crippen LogP contribution in [-0.2, 0) is 11.3 Å². The van der Waals surface area contributed by atoms with Gasteiger partial charge in [-0.3, -0.25) is 4.90 Å². The average molecular weight is 283 g/mol. The number of rotatable bonds is 7. The van der Waals surface area contributed by atoms with E-state index in [0.717, 1.165) is 29.6 Å². The summed E-state index contributed by atoms with van der Waals surface area (Å²) in [6.45, 7) is 7.90. The minimum absolute atomic E-state index is 0.613. The maximum atomic E-state index is 10.4. The van der Waals surface area contributed by atoms with Crippen molar-refractivity contribution in [3.05, 3.63) is 28.0 Å². The molecule has 106 valence electrons. The van der Waals surface area contributed by atoms with Gasteiger partial charge in [-0.1, -0.05) is 6.92 Å². The Morgan fingerprint density at radius 1 is 1.53 bits per heavy atom. The lowest BCUT2D eigenvalue weighted by atomic mass is 10.1. The molecule has 0 saturated carbocycles. The number of thiophene rings is 1. The number of aliphatic hydroxyl groups is 1. The molecule has 0 atom stereocenters. The summed E-state index contributed by atoms with van der Waals surface area (Å²) in [4.78, 5) is 13.8. The quantitative estimate of drug-likeness (QED) is 0.755. The van der Waals surface area contributed by atoms with Gasteiger partial charge in [0.1, 0.15) is 0 Å². The summed E-state index contributed by atoms with van der Waals surface area (Å²) in [5, 5.41) is 20.3. The van der Waals surface area contributed by atoms with E-state index in [9.17, 15) is 9.90 Å². The highest BCUT2D eigenvalue weighted by Gasteiger charge is 2.17. The third-order valence-electron chi connectivity index (χ3n) is 2.53. The van der Waals surface area contributed by atoms with E-state index in [1.54, 1.807) is 31.3 Å². The first-order valence-electron chi connectivity index (χ1n) is 6.23. The van der Waals surface area contributed by atoms with Gasteiger partial charge in [-0.2, -0.15) is 0 Å². The summed E-state index contributed by atoms with van der Waals surface area (Å²) < 4.78 is 0. The van der Waals surface area contributed by atoms with Crippen LogP contribution in [0.3, 0.4) is 0 Å². The Bertz CT molecular complexity index is 446. The summed E-state index contributed by atoms with van der Waals surface area (Å²) in [5.41, 5.74) is 0.195. The van der Waals surface area contributed by atoms with E-state index < -0.39 is 11.6 Å². The average Bonchev–Trinajstić information content (AvgIpc) is 2.71. The number of aliphatic carboxylic acids is 1. The maximum Gasteiger partial charge on any atom is 0.328 e. The number of carbonyl (C=O) groups is 1. The van der Waals surface area contributed by atoms with Crippen LogP contribution in [0, 0.1) is 0 Å². The molecule has 0 aromatic carbocycles. The van der Waals surface area contributed by atoms with Gasteiger partial charge in [-0.25, -0.2) is 4.79 Å². The predicted octanol–water partition coefficient (Wildman–Crippen LogP) is 2.44. The van der Waals surface area contributed by atoms with Crippen molar-refractivity contribution < 1.29 is 15.0 Å². The number of nitrogens with zero attached hydrogens (tertiary/aromatic N) is 1. The Morgan fingerprint density at radius 3 is 2.74 bits per heavy atom. The van der Waals surface area contributed by atoms with Crippen molar-refractivity contribution in [2.75, 3.05) is 13.1 Å². The lowest BCUT2D eigenvalue weighted by molar-refractivity contribution is -0.131. The molecule has 19 heavy (non-hydrogen) atoms. The standard InChI is InChI=1S/C14H21NO3S/c1-4-15(10-14(2,3)18)8-12-7-11(9-19-12)5-6-13(16)17/h5-7,9,18H,4,8,10H2,1-3H3,(H,16,17). The van der Waals surface area contributed by atoms with Crippen molar-refractivity contribution in [1.82, 2.24) is 4.90 Å². The fourth-order valence-corrected chi connectivity index (χ4v) is 2.68. The van der Waals surface area contributed by atoms with E-state index in [1.165, 1.54) is 0 Å². The number of hydrogen-bond acceptors (Lipinski definition) is 4. The number of carboxylic acid groups (broad SMARTS) is 1. The van der Waals surface area contributed by atoms with Gasteiger partial charge in [-0.05, 0) is 43.5 Å². The van der Waals surface area contributed by atoms with Gasteiger partial charge in [0.2, 0.25) is 0 Å². The molecule has 0 spiro atoms. The van der Waals surface area contributed by atoms with Crippen LogP contribution >= 0.6 is 11.3 Å². The van der Waals surface area contributed by atoms with E-state index in [1.807, 2.05) is 11.4 Å². The van der Waals surface area contributed by atoms with Gasteiger partial charge in [0.15, 0.2) is 0 Å². The first kappa shape index (κ1) is 15.9. The predicted molar refractivity (Wildman–Crippen MR) is 78.2 cm³/mol. The largest absolute Gasteiger partial charge is 0.478 e. The number of hydrogen-bond donors (Lipinski definition) is 2. The molecule has 1 heterocycles. The fourth-order valence-electron chi connectivity index (χ4n) is 1.78. The summed E-state index contributed by atoms with van der Waals surface area (Å²) in [6.07, 6.45) is 2.73. The molecule has 0 unspecified atom stereocenters. The van der Waals surface area contributed by atoms with Crippen molar-refractivity contribution >= 4 is 23.4 Å². The van der Waals surface area contributed by atoms with Crippen LogP contribution in [-0.4, -0.2) is 39.8 Å². The van der Waals surface area contributed by atoms with Gasteiger partial charge in [0.25, 0.3) is 0 Å². The van der Waals surface area contributed by atoms with Crippen LogP contribution in [0.5, 0.6) is 0 Å². The molecule has 0 bridgehead atoms. The Labute approximate surface area is 118 Å². The zero-order valence-electron chi connectivity index (χ0n) is 11.6. The van der Waals surface area contributed by atoms with Crippen molar-refractivity contribution in [2.24, 2.45) is 0 Å². The van der Waals surface area contributed by atoms with Crippen LogP contribution in [0.15, 0.2) is 17.5 Å². The van der Waals surface area contributed by atoms with Crippen LogP contribution in [0.25, 0.3) is 6.08 Å². The number of carboxylic acids is 1. The van der Waals surface area contributed by atoms with Crippen molar-refractivity contribution in [3.63, 3.8) is 0 Å². The second-order valence-electron chi connectivity index (χ2n) is 5.13. The van der Waals surface area contributed by atoms with E-state index >= 15 is 0 Å². The highest BCUT2D eigenvalue weighted by Crippen LogP contribution is 2.19. The van der Waals surface area contributed by atoms with Crippen molar-refractivity contribution in [3.8, 4) is 0 Å². The highest BCUT2D eigenvalue weighted by molar-refractivity contribution is 7.10. The fraction of sp³-hybridized carbons (Fsp3) is 0.500. The lowest BCUT2D eigenvalue weighted by Crippen LogP contribution is -2.37. The Balaban J connectivity index is 2.63. The molecule has 1 aromatic heterocycles. The molecule has 0 aliphatic carbocycles. The summed E-state index contributed by atoms with van der Waals surface area (Å²) >= 11 is 1.60. The van der Waals surface area contributed by atoms with Crippen molar-refractivity contribution in [2.45, 2.75) is 32.9 Å². The molecule has 0 aliphatic rings. The smallest absolute Gasteiger partial charge is 0.328 e. The molecule has 1 aromatic rings. The molecule has 0 saturated heterocycles. The first-order valence-corrected chi connectivity index (χ1v) is 7.11. The molecule has 5 heteroatoms. The normalized spacial score (nSPS) is 12.5. The molecular weight excluding hydrogens is 262 g/mol. The minimum atomic E-state index is -0.940. The summed E-state index contributed by atoms with van der Waals surface area (Å²) in [5.74, 6) is -0.940. The van der Waals surface area contributed by atoms with E-state index in [2.05, 4.69) is 11.8 Å². The first-order chi connectivity index (χ1) is 8.80. The van der Waals surface area contributed by atoms with Gasteiger partial charge in [0.05, 0.1) is 5.60 Å². The topological polar surface area (TPSA) is 60.8 Å². The van der Waals surface area contributed by atoms with Gasteiger partial charge in [-0.15, -0.1) is 11.3 Å². The second-order valence-corrected chi connectivity index (χ2v) is 6.13. The Kier molecular flexibility index (Phi) is 5.72. The summed E-state index contributed by atoms with van der Waals surface area (Å²) in [6, 6.07) is 1.98. The van der Waals surface area contributed by atoms with Gasteiger partial charge >= 0.3 is 5.97 Å². The summed E-state index contributed by atoms with van der Waals surface area (Å²) in [7, 11) is 0. The lowest BCUT2D eigenvalue weighted by Gasteiger charge is -2.27. The molecular formula is C14H21NO3S. The van der Waals surface area contributed by atoms with Crippen LogP contribution < -0.4 is 0 Å². The van der Waals surface area contributed by atoms with E-state index in [4.69, 9.17) is 5.11 Å². The zero-order valence-corrected chi connectivity index (χ0v) is 12.4. The maximum absolute atomic E-state index is 10.4.